The molecule has 0 atom stereocenters. The molecule has 0 unspecified atom stereocenters. The van der Waals surface area contributed by atoms with Crippen molar-refractivity contribution in [3.63, 3.8) is 0 Å². The zero-order valence-electron chi connectivity index (χ0n) is 12.0. The molecule has 109 valence electrons. The molecule has 1 radical (unpaired) electrons. The van der Waals surface area contributed by atoms with Crippen molar-refractivity contribution < 1.29 is 9.90 Å². The van der Waals surface area contributed by atoms with Crippen LogP contribution >= 0.6 is 0 Å². The van der Waals surface area contributed by atoms with Crippen LogP contribution in [-0.4, -0.2) is 34.3 Å². The Morgan fingerprint density at radius 1 is 0.636 bits per heavy atom. The standard InChI is InChI=1S/C7H6O2.2C6H5.Bi/c8-7(9)6-4-2-1-3-5-6;2*1-2-4-6-5-3-1;/h1-5H,(H,8,9);2*1-5H;. The first-order valence-corrected chi connectivity index (χ1v) is 10.3. The summed E-state index contributed by atoms with van der Waals surface area (Å²) in [5.41, 5.74) is 0.331. The topological polar surface area (TPSA) is 37.3 Å². The maximum atomic E-state index is 10.2. The summed E-state index contributed by atoms with van der Waals surface area (Å²) in [7, 11) is 0. The normalized spacial score (nSPS) is 9.45. The number of benzene rings is 3. The molecule has 0 fully saturated rings. The van der Waals surface area contributed by atoms with Gasteiger partial charge in [-0.1, -0.05) is 18.2 Å². The van der Waals surface area contributed by atoms with Crippen LogP contribution < -0.4 is 6.54 Å². The summed E-state index contributed by atoms with van der Waals surface area (Å²) in [5.74, 6) is -0.879. The van der Waals surface area contributed by atoms with Crippen LogP contribution in [-0.2, 0) is 0 Å². The number of hydrogen-bond donors (Lipinski definition) is 1. The van der Waals surface area contributed by atoms with Gasteiger partial charge >= 0.3 is 96.4 Å². The summed E-state index contributed by atoms with van der Waals surface area (Å²) < 4.78 is 3.10. The van der Waals surface area contributed by atoms with E-state index < -0.39 is 29.2 Å². The third-order valence-electron chi connectivity index (χ3n) is 2.79. The van der Waals surface area contributed by atoms with Crippen LogP contribution in [0.1, 0.15) is 10.4 Å². The number of carboxylic acids is 1. The summed E-state index contributed by atoms with van der Waals surface area (Å²) in [4.78, 5) is 10.2. The Balaban J connectivity index is 0.000000172. The zero-order valence-corrected chi connectivity index (χ0v) is 15.4. The number of carbonyl (C=O) groups is 1. The fourth-order valence-corrected chi connectivity index (χ4v) is 5.39. The molecule has 0 aliphatic rings. The van der Waals surface area contributed by atoms with Gasteiger partial charge < -0.3 is 5.11 Å². The second-order valence-electron chi connectivity index (χ2n) is 4.45. The predicted octanol–water partition coefficient (Wildman–Crippen LogP) is 2.73. The molecule has 0 aromatic heterocycles. The number of hydrogen-bond acceptors (Lipinski definition) is 1. The van der Waals surface area contributed by atoms with E-state index in [4.69, 9.17) is 5.11 Å². The van der Waals surface area contributed by atoms with Crippen LogP contribution in [0.5, 0.6) is 0 Å². The van der Waals surface area contributed by atoms with Gasteiger partial charge in [0, 0.05) is 0 Å². The Kier molecular flexibility index (Phi) is 6.79. The van der Waals surface area contributed by atoms with Crippen LogP contribution in [0.15, 0.2) is 91.0 Å². The Hall–Kier alpha value is -1.99. The third-order valence-corrected chi connectivity index (χ3v) is 7.12. The van der Waals surface area contributed by atoms with Gasteiger partial charge in [-0.3, -0.25) is 0 Å². The van der Waals surface area contributed by atoms with Gasteiger partial charge in [0.15, 0.2) is 0 Å². The third kappa shape index (κ3) is 5.79. The van der Waals surface area contributed by atoms with Crippen LogP contribution in [0.25, 0.3) is 0 Å². The molecule has 0 aliphatic carbocycles. The average Bonchev–Trinajstić information content (AvgIpc) is 2.58. The monoisotopic (exact) mass is 485 g/mol. The average molecular weight is 485 g/mol. The van der Waals surface area contributed by atoms with E-state index in [2.05, 4.69) is 60.7 Å². The predicted molar refractivity (Wildman–Crippen MR) is 91.3 cm³/mol. The molecule has 2 nitrogen and oxygen atoms in total. The second kappa shape index (κ2) is 9.12. The van der Waals surface area contributed by atoms with Crippen LogP contribution in [0.4, 0.5) is 0 Å². The Bertz CT molecular complexity index is 645. The summed E-state index contributed by atoms with van der Waals surface area (Å²) in [6.45, 7) is 0. The minimum atomic E-state index is -0.879. The van der Waals surface area contributed by atoms with Crippen molar-refractivity contribution in [3.05, 3.63) is 96.6 Å². The van der Waals surface area contributed by atoms with E-state index in [0.29, 0.717) is 5.56 Å². The first kappa shape index (κ1) is 16.4. The summed E-state index contributed by atoms with van der Waals surface area (Å²) in [6.07, 6.45) is 0. The molecule has 3 rings (SSSR count). The molecule has 1 N–H and O–H groups in total. The molecule has 3 aromatic rings. The Labute approximate surface area is 142 Å². The quantitative estimate of drug-likeness (QED) is 0.580. The molecule has 0 aliphatic heterocycles. The van der Waals surface area contributed by atoms with Crippen molar-refractivity contribution in [3.8, 4) is 0 Å². The first-order chi connectivity index (χ1) is 10.8. The van der Waals surface area contributed by atoms with E-state index in [1.165, 1.54) is 0 Å². The zero-order chi connectivity index (χ0) is 15.6. The molecule has 0 saturated carbocycles. The van der Waals surface area contributed by atoms with E-state index in [-0.39, 0.29) is 0 Å². The molecule has 0 amide bonds. The molecule has 0 saturated heterocycles. The van der Waals surface area contributed by atoms with E-state index in [9.17, 15) is 4.79 Å². The molecule has 3 aromatic carbocycles. The molecule has 0 spiro atoms. The van der Waals surface area contributed by atoms with Gasteiger partial charge in [-0.25, -0.2) is 4.79 Å². The molecule has 22 heavy (non-hydrogen) atoms. The van der Waals surface area contributed by atoms with Gasteiger partial charge in [0.25, 0.3) is 0 Å². The van der Waals surface area contributed by atoms with Crippen LogP contribution in [0, 0.1) is 0 Å². The van der Waals surface area contributed by atoms with Gasteiger partial charge in [0.2, 0.25) is 0 Å². The molecule has 0 heterocycles. The number of rotatable bonds is 3. The van der Waals surface area contributed by atoms with Crippen molar-refractivity contribution in [1.82, 2.24) is 0 Å². The van der Waals surface area contributed by atoms with E-state index in [0.717, 1.165) is 0 Å². The maximum absolute atomic E-state index is 10.2. The summed E-state index contributed by atoms with van der Waals surface area (Å²) >= 11 is -0.613. The molecule has 0 bridgehead atoms. The van der Waals surface area contributed by atoms with E-state index in [1.54, 1.807) is 36.9 Å². The van der Waals surface area contributed by atoms with Crippen LogP contribution in [0.2, 0.25) is 0 Å². The second-order valence-corrected chi connectivity index (χ2v) is 9.34. The summed E-state index contributed by atoms with van der Waals surface area (Å²) in [5, 5.41) is 8.38. The fourth-order valence-electron chi connectivity index (χ4n) is 1.73. The fraction of sp³-hybridized carbons (Fsp3) is 0. The molecular formula is C19H16BiO2. The van der Waals surface area contributed by atoms with Crippen LogP contribution in [0.3, 0.4) is 0 Å². The Morgan fingerprint density at radius 2 is 1.00 bits per heavy atom. The van der Waals surface area contributed by atoms with E-state index >= 15 is 0 Å². The van der Waals surface area contributed by atoms with Gasteiger partial charge in [-0.05, 0) is 12.1 Å². The Morgan fingerprint density at radius 3 is 1.32 bits per heavy atom. The van der Waals surface area contributed by atoms with Crippen molar-refractivity contribution in [2.24, 2.45) is 0 Å². The summed E-state index contributed by atoms with van der Waals surface area (Å²) in [6, 6.07) is 29.9. The van der Waals surface area contributed by atoms with Crippen molar-refractivity contribution in [2.75, 3.05) is 0 Å². The number of aromatic carboxylic acids is 1. The minimum absolute atomic E-state index is 0.331. The molecular weight excluding hydrogens is 469 g/mol. The van der Waals surface area contributed by atoms with Gasteiger partial charge in [-0.2, -0.15) is 0 Å². The van der Waals surface area contributed by atoms with Crippen molar-refractivity contribution >= 4 is 35.7 Å². The van der Waals surface area contributed by atoms with Crippen molar-refractivity contribution in [2.45, 2.75) is 0 Å². The van der Waals surface area contributed by atoms with E-state index in [1.807, 2.05) is 0 Å². The molecule has 3 heteroatoms. The SMILES string of the molecule is O=C(O)c1ccccc1.c1cc[c]([Bi][c]2ccccc2)cc1. The van der Waals surface area contributed by atoms with Crippen molar-refractivity contribution in [1.29, 1.82) is 0 Å². The first-order valence-electron chi connectivity index (χ1n) is 6.86. The van der Waals surface area contributed by atoms with Gasteiger partial charge in [0.05, 0.1) is 5.56 Å². The van der Waals surface area contributed by atoms with Gasteiger partial charge in [0.1, 0.15) is 0 Å². The number of carboxylic acid groups (broad SMARTS) is 1. The van der Waals surface area contributed by atoms with Gasteiger partial charge in [-0.15, -0.1) is 0 Å².